The Bertz CT molecular complexity index is 1680. The highest BCUT2D eigenvalue weighted by atomic mass is 79.9. The lowest BCUT2D eigenvalue weighted by molar-refractivity contribution is 0.101. The number of nitrogens with one attached hydrogen (secondary N) is 1. The average molecular weight is 611 g/mol. The summed E-state index contributed by atoms with van der Waals surface area (Å²) in [4.78, 5) is 46.4. The van der Waals surface area contributed by atoms with Crippen LogP contribution in [0.3, 0.4) is 0 Å². The molecule has 1 saturated heterocycles. The fourth-order valence-electron chi connectivity index (χ4n) is 4.70. The van der Waals surface area contributed by atoms with E-state index < -0.39 is 5.69 Å². The van der Waals surface area contributed by atoms with Crippen molar-refractivity contribution in [3.8, 4) is 0 Å². The molecular formula is C27H28BrN7O3S. The van der Waals surface area contributed by atoms with Gasteiger partial charge in [-0.05, 0) is 61.1 Å². The maximum absolute atomic E-state index is 13.2. The number of benzene rings is 2. The van der Waals surface area contributed by atoms with Crippen molar-refractivity contribution in [3.05, 3.63) is 85.0 Å². The van der Waals surface area contributed by atoms with Gasteiger partial charge in [-0.25, -0.2) is 4.79 Å². The number of carbonyl (C=O) groups excluding carboxylic acids is 1. The summed E-state index contributed by atoms with van der Waals surface area (Å²) in [6.07, 6.45) is 0. The van der Waals surface area contributed by atoms with Crippen molar-refractivity contribution in [1.82, 2.24) is 23.6 Å². The number of hydrogen-bond acceptors (Lipinski definition) is 6. The lowest BCUT2D eigenvalue weighted by atomic mass is 10.1. The largest absolute Gasteiger partial charge is 0.345 e. The van der Waals surface area contributed by atoms with Crippen LogP contribution >= 0.6 is 28.1 Å². The zero-order valence-corrected chi connectivity index (χ0v) is 24.3. The molecule has 5 rings (SSSR count). The van der Waals surface area contributed by atoms with Crippen LogP contribution in [0.4, 0.5) is 11.6 Å². The number of fused-ring (bicyclic) bond motifs is 1. The van der Waals surface area contributed by atoms with E-state index >= 15 is 0 Å². The Morgan fingerprint density at radius 3 is 2.23 bits per heavy atom. The molecule has 4 aromatic rings. The number of imidazole rings is 1. The summed E-state index contributed by atoms with van der Waals surface area (Å²) >= 11 is 9.13. The highest BCUT2D eigenvalue weighted by molar-refractivity contribution is 9.10. The molecule has 0 spiro atoms. The van der Waals surface area contributed by atoms with Gasteiger partial charge in [0.25, 0.3) is 5.56 Å². The fourth-order valence-corrected chi connectivity index (χ4v) is 5.26. The number of nitrogens with zero attached hydrogens (tertiary/aromatic N) is 6. The van der Waals surface area contributed by atoms with E-state index in [0.29, 0.717) is 60.5 Å². The summed E-state index contributed by atoms with van der Waals surface area (Å²) in [6.45, 7) is 4.53. The van der Waals surface area contributed by atoms with E-state index in [-0.39, 0.29) is 11.3 Å². The molecule has 1 N–H and O–H groups in total. The number of aromatic nitrogens is 4. The quantitative estimate of drug-likeness (QED) is 0.272. The number of anilines is 2. The predicted octanol–water partition coefficient (Wildman–Crippen LogP) is 2.97. The minimum Gasteiger partial charge on any atom is -0.345 e. The average Bonchev–Trinajstić information content (AvgIpc) is 3.31. The molecule has 3 heterocycles. The van der Waals surface area contributed by atoms with Crippen molar-refractivity contribution < 1.29 is 4.79 Å². The van der Waals surface area contributed by atoms with Crippen molar-refractivity contribution in [1.29, 1.82) is 0 Å². The molecule has 12 heteroatoms. The summed E-state index contributed by atoms with van der Waals surface area (Å²) in [7, 11) is 3.12. The number of Topliss-reactive ketones (excluding diaryl/α,β-unsaturated/α-hetero) is 1. The second-order valence-corrected chi connectivity index (χ2v) is 10.8. The lowest BCUT2D eigenvalue weighted by Crippen LogP contribution is -2.50. The maximum atomic E-state index is 13.2. The first-order chi connectivity index (χ1) is 18.6. The molecule has 202 valence electrons. The third-order valence-corrected chi connectivity index (χ3v) is 7.86. The number of carbonyl (C=O) groups is 1. The summed E-state index contributed by atoms with van der Waals surface area (Å²) in [6, 6.07) is 15.2. The van der Waals surface area contributed by atoms with Gasteiger partial charge in [0.15, 0.2) is 22.1 Å². The normalized spacial score (nSPS) is 13.6. The van der Waals surface area contributed by atoms with Crippen LogP contribution in [-0.2, 0) is 20.6 Å². The van der Waals surface area contributed by atoms with Crippen LogP contribution in [0.15, 0.2) is 62.6 Å². The van der Waals surface area contributed by atoms with Crippen LogP contribution in [-0.4, -0.2) is 60.7 Å². The molecule has 0 saturated carbocycles. The van der Waals surface area contributed by atoms with Crippen molar-refractivity contribution in [2.24, 2.45) is 14.1 Å². The number of rotatable bonds is 5. The monoisotopic (exact) mass is 609 g/mol. The highest BCUT2D eigenvalue weighted by Crippen LogP contribution is 2.24. The Hall–Kier alpha value is -3.77. The molecule has 0 radical (unpaired) electrons. The lowest BCUT2D eigenvalue weighted by Gasteiger charge is -2.36. The molecule has 1 aliphatic rings. The van der Waals surface area contributed by atoms with E-state index in [1.807, 2.05) is 41.0 Å². The van der Waals surface area contributed by atoms with Gasteiger partial charge in [-0.15, -0.1) is 0 Å². The molecular weight excluding hydrogens is 582 g/mol. The summed E-state index contributed by atoms with van der Waals surface area (Å²) < 4.78 is 5.42. The first-order valence-electron chi connectivity index (χ1n) is 12.5. The first kappa shape index (κ1) is 26.8. The zero-order chi connectivity index (χ0) is 27.8. The van der Waals surface area contributed by atoms with E-state index in [1.165, 1.54) is 18.5 Å². The summed E-state index contributed by atoms with van der Waals surface area (Å²) in [5.74, 6) is 0.661. The van der Waals surface area contributed by atoms with Gasteiger partial charge in [-0.2, -0.15) is 4.98 Å². The Kier molecular flexibility index (Phi) is 7.41. The SMILES string of the molecule is CC(=O)c1ccc(NC(=S)N2CCN(c3nc4c(c(=O)n(C)c(=O)n4C)n3Cc3ccc(Br)cc3)CC2)cc1. The Labute approximate surface area is 238 Å². The van der Waals surface area contributed by atoms with E-state index in [9.17, 15) is 14.4 Å². The molecule has 10 nitrogen and oxygen atoms in total. The van der Waals surface area contributed by atoms with Crippen molar-refractivity contribution in [2.75, 3.05) is 36.4 Å². The van der Waals surface area contributed by atoms with Crippen molar-refractivity contribution in [3.63, 3.8) is 0 Å². The summed E-state index contributed by atoms with van der Waals surface area (Å²) in [5.41, 5.74) is 2.46. The van der Waals surface area contributed by atoms with Gasteiger partial charge in [-0.1, -0.05) is 28.1 Å². The second-order valence-electron chi connectivity index (χ2n) is 9.54. The van der Waals surface area contributed by atoms with Crippen molar-refractivity contribution >= 4 is 61.8 Å². The van der Waals surface area contributed by atoms with E-state index in [4.69, 9.17) is 17.2 Å². The van der Waals surface area contributed by atoms with Crippen molar-refractivity contribution in [2.45, 2.75) is 13.5 Å². The molecule has 0 atom stereocenters. The smallest absolute Gasteiger partial charge is 0.332 e. The highest BCUT2D eigenvalue weighted by Gasteiger charge is 2.26. The number of halogens is 1. The number of aryl methyl sites for hydroxylation is 1. The topological polar surface area (TPSA) is 97.4 Å². The Morgan fingerprint density at radius 2 is 1.62 bits per heavy atom. The molecule has 2 aromatic heterocycles. The van der Waals surface area contributed by atoms with Gasteiger partial charge < -0.3 is 15.1 Å². The fraction of sp³-hybridized carbons (Fsp3) is 0.296. The Balaban J connectivity index is 1.40. The third kappa shape index (κ3) is 5.26. The number of piperazine rings is 1. The number of ketones is 1. The van der Waals surface area contributed by atoms with E-state index in [0.717, 1.165) is 20.3 Å². The number of thiocarbonyl (C=S) groups is 1. The van der Waals surface area contributed by atoms with Crippen LogP contribution in [0.25, 0.3) is 11.2 Å². The molecule has 0 amide bonds. The van der Waals surface area contributed by atoms with Crippen LogP contribution < -0.4 is 21.5 Å². The van der Waals surface area contributed by atoms with E-state index in [1.54, 1.807) is 19.2 Å². The molecule has 2 aromatic carbocycles. The van der Waals surface area contributed by atoms with Crippen LogP contribution in [0.5, 0.6) is 0 Å². The van der Waals surface area contributed by atoms with E-state index in [2.05, 4.69) is 31.0 Å². The molecule has 39 heavy (non-hydrogen) atoms. The third-order valence-electron chi connectivity index (χ3n) is 6.97. The number of hydrogen-bond donors (Lipinski definition) is 1. The second kappa shape index (κ2) is 10.8. The van der Waals surface area contributed by atoms with Crippen LogP contribution in [0.2, 0.25) is 0 Å². The van der Waals surface area contributed by atoms with Gasteiger partial charge in [0.1, 0.15) is 0 Å². The zero-order valence-electron chi connectivity index (χ0n) is 21.8. The maximum Gasteiger partial charge on any atom is 0.332 e. The molecule has 1 fully saturated rings. The standard InChI is InChI=1S/C27H28BrN7O3S/c1-17(36)19-6-10-21(11-7-19)29-26(39)34-14-12-33(13-15-34)25-30-23-22(24(37)32(3)27(38)31(23)2)35(25)16-18-4-8-20(28)9-5-18/h4-11H,12-16H2,1-3H3,(H,29,39). The van der Waals surface area contributed by atoms with Gasteiger partial charge in [0.2, 0.25) is 5.95 Å². The van der Waals surface area contributed by atoms with Gasteiger partial charge in [0.05, 0.1) is 6.54 Å². The molecule has 0 aliphatic carbocycles. The summed E-state index contributed by atoms with van der Waals surface area (Å²) in [5, 5.41) is 3.85. The predicted molar refractivity (Wildman–Crippen MR) is 160 cm³/mol. The van der Waals surface area contributed by atoms with Gasteiger partial charge in [0, 0.05) is 56.0 Å². The minimum absolute atomic E-state index is 0.0179. The Morgan fingerprint density at radius 1 is 0.974 bits per heavy atom. The molecule has 0 unspecified atom stereocenters. The molecule has 1 aliphatic heterocycles. The minimum atomic E-state index is -0.412. The van der Waals surface area contributed by atoms with Crippen LogP contribution in [0, 0.1) is 0 Å². The van der Waals surface area contributed by atoms with Gasteiger partial charge >= 0.3 is 5.69 Å². The van der Waals surface area contributed by atoms with Crippen LogP contribution in [0.1, 0.15) is 22.8 Å². The first-order valence-corrected chi connectivity index (χ1v) is 13.7. The van der Waals surface area contributed by atoms with Gasteiger partial charge in [-0.3, -0.25) is 23.3 Å². The molecule has 0 bridgehead atoms.